The number of likely N-dealkylation sites (tertiary alicyclic amines) is 1. The monoisotopic (exact) mass is 487 g/mol. The maximum absolute atomic E-state index is 10.2. The first-order valence-electron chi connectivity index (χ1n) is 6.44. The van der Waals surface area contributed by atoms with E-state index in [1.54, 1.807) is 0 Å². The predicted molar refractivity (Wildman–Crippen MR) is 93.2 cm³/mol. The average Bonchev–Trinajstić information content (AvgIpc) is 2.35. The molecule has 2 N–H and O–H groups in total. The van der Waals surface area contributed by atoms with E-state index in [2.05, 4.69) is 57.0 Å². The topological polar surface area (TPSA) is 43.7 Å². The number of aliphatic hydroxyl groups excluding tert-OH is 1. The van der Waals surface area contributed by atoms with E-state index in [0.29, 0.717) is 5.75 Å². The number of aliphatic hydroxyl groups is 1. The minimum Gasteiger partial charge on any atom is -0.507 e. The van der Waals surface area contributed by atoms with Gasteiger partial charge in [0.25, 0.3) is 0 Å². The zero-order chi connectivity index (χ0) is 14.0. The lowest BCUT2D eigenvalue weighted by Gasteiger charge is -2.39. The standard InChI is InChI=1S/C14H19I2NO2/c1-14(9-18)3-2-4-17(8-14)7-10-5-11(15)6-12(16)13(10)19/h5-6,18-19H,2-4,7-9H2,1H3. The highest BCUT2D eigenvalue weighted by molar-refractivity contribution is 14.1. The second-order valence-electron chi connectivity index (χ2n) is 5.68. The highest BCUT2D eigenvalue weighted by atomic mass is 127. The van der Waals surface area contributed by atoms with Gasteiger partial charge in [-0.05, 0) is 76.7 Å². The van der Waals surface area contributed by atoms with Crippen LogP contribution in [0.1, 0.15) is 25.3 Å². The molecule has 0 radical (unpaired) electrons. The first-order chi connectivity index (χ1) is 8.93. The Labute approximate surface area is 141 Å². The Morgan fingerprint density at radius 1 is 1.37 bits per heavy atom. The number of hydrogen-bond donors (Lipinski definition) is 2. The summed E-state index contributed by atoms with van der Waals surface area (Å²) in [5, 5.41) is 19.7. The molecule has 1 unspecified atom stereocenters. The van der Waals surface area contributed by atoms with Crippen LogP contribution in [0.5, 0.6) is 5.75 Å². The van der Waals surface area contributed by atoms with Gasteiger partial charge in [0.05, 0.1) is 3.57 Å². The molecule has 0 spiro atoms. The number of benzene rings is 1. The van der Waals surface area contributed by atoms with Crippen LogP contribution in [0.25, 0.3) is 0 Å². The second kappa shape index (κ2) is 6.44. The Morgan fingerprint density at radius 3 is 2.79 bits per heavy atom. The summed E-state index contributed by atoms with van der Waals surface area (Å²) in [5.74, 6) is 0.400. The van der Waals surface area contributed by atoms with Gasteiger partial charge in [0.2, 0.25) is 0 Å². The smallest absolute Gasteiger partial charge is 0.133 e. The molecule has 0 bridgehead atoms. The third-order valence-electron chi connectivity index (χ3n) is 3.74. The number of aromatic hydroxyl groups is 1. The fourth-order valence-electron chi connectivity index (χ4n) is 2.67. The van der Waals surface area contributed by atoms with Crippen LogP contribution in [0.3, 0.4) is 0 Å². The van der Waals surface area contributed by atoms with Gasteiger partial charge in [-0.3, -0.25) is 4.90 Å². The molecule has 1 atom stereocenters. The molecule has 1 aliphatic rings. The van der Waals surface area contributed by atoms with E-state index in [4.69, 9.17) is 0 Å². The largest absolute Gasteiger partial charge is 0.507 e. The highest BCUT2D eigenvalue weighted by Gasteiger charge is 2.30. The van der Waals surface area contributed by atoms with Crippen molar-refractivity contribution in [1.29, 1.82) is 0 Å². The van der Waals surface area contributed by atoms with Crippen molar-refractivity contribution in [3.8, 4) is 5.75 Å². The van der Waals surface area contributed by atoms with Crippen molar-refractivity contribution in [3.63, 3.8) is 0 Å². The Balaban J connectivity index is 2.13. The minimum absolute atomic E-state index is 0.00294. The molecule has 106 valence electrons. The molecule has 0 aromatic heterocycles. The zero-order valence-electron chi connectivity index (χ0n) is 11.0. The summed E-state index contributed by atoms with van der Waals surface area (Å²) in [6.45, 7) is 5.06. The molecule has 5 heteroatoms. The molecule has 1 fully saturated rings. The maximum Gasteiger partial charge on any atom is 0.133 e. The highest BCUT2D eigenvalue weighted by Crippen LogP contribution is 2.32. The molecule has 3 nitrogen and oxygen atoms in total. The Bertz CT molecular complexity index is 467. The Kier molecular flexibility index (Phi) is 5.35. The van der Waals surface area contributed by atoms with E-state index >= 15 is 0 Å². The second-order valence-corrected chi connectivity index (χ2v) is 8.09. The van der Waals surface area contributed by atoms with Crippen molar-refractivity contribution in [1.82, 2.24) is 4.90 Å². The molecule has 1 aliphatic heterocycles. The number of nitrogens with zero attached hydrogens (tertiary/aromatic N) is 1. The van der Waals surface area contributed by atoms with Crippen molar-refractivity contribution in [2.45, 2.75) is 26.3 Å². The van der Waals surface area contributed by atoms with E-state index in [-0.39, 0.29) is 12.0 Å². The van der Waals surface area contributed by atoms with Gasteiger partial charge in [0, 0.05) is 34.2 Å². The molecule has 1 aromatic carbocycles. The van der Waals surface area contributed by atoms with Crippen molar-refractivity contribution in [2.75, 3.05) is 19.7 Å². The summed E-state index contributed by atoms with van der Waals surface area (Å²) in [4.78, 5) is 2.33. The summed E-state index contributed by atoms with van der Waals surface area (Å²) in [5.41, 5.74) is 0.988. The number of rotatable bonds is 3. The molecule has 19 heavy (non-hydrogen) atoms. The van der Waals surface area contributed by atoms with E-state index in [0.717, 1.165) is 45.2 Å². The molecule has 0 amide bonds. The molecule has 0 aliphatic carbocycles. The summed E-state index contributed by atoms with van der Waals surface area (Å²) in [6.07, 6.45) is 2.19. The molecule has 1 saturated heterocycles. The number of hydrogen-bond acceptors (Lipinski definition) is 3. The van der Waals surface area contributed by atoms with Crippen LogP contribution in [-0.4, -0.2) is 34.8 Å². The van der Waals surface area contributed by atoms with E-state index < -0.39 is 0 Å². The first kappa shape index (κ1) is 15.8. The van der Waals surface area contributed by atoms with Gasteiger partial charge in [-0.15, -0.1) is 0 Å². The van der Waals surface area contributed by atoms with Gasteiger partial charge in [-0.1, -0.05) is 6.92 Å². The first-order valence-corrected chi connectivity index (χ1v) is 8.59. The lowest BCUT2D eigenvalue weighted by Crippen LogP contribution is -2.43. The summed E-state index contributed by atoms with van der Waals surface area (Å²) >= 11 is 4.45. The van der Waals surface area contributed by atoms with Gasteiger partial charge >= 0.3 is 0 Å². The SMILES string of the molecule is CC1(CO)CCCN(Cc2cc(I)cc(I)c2O)C1. The average molecular weight is 487 g/mol. The van der Waals surface area contributed by atoms with Crippen LogP contribution in [0.2, 0.25) is 0 Å². The normalized spacial score (nSPS) is 24.6. The summed E-state index contributed by atoms with van der Waals surface area (Å²) < 4.78 is 2.05. The van der Waals surface area contributed by atoms with Gasteiger partial charge in [-0.25, -0.2) is 0 Å². The van der Waals surface area contributed by atoms with Crippen LogP contribution in [-0.2, 0) is 6.54 Å². The van der Waals surface area contributed by atoms with Crippen molar-refractivity contribution < 1.29 is 10.2 Å². The van der Waals surface area contributed by atoms with Crippen LogP contribution in [0.15, 0.2) is 12.1 Å². The fraction of sp³-hybridized carbons (Fsp3) is 0.571. The van der Waals surface area contributed by atoms with E-state index in [9.17, 15) is 10.2 Å². The molecule has 1 aromatic rings. The third kappa shape index (κ3) is 3.95. The Hall–Kier alpha value is 0.400. The maximum atomic E-state index is 10.2. The molecule has 0 saturated carbocycles. The van der Waals surface area contributed by atoms with Crippen LogP contribution < -0.4 is 0 Å². The van der Waals surface area contributed by atoms with Gasteiger partial charge < -0.3 is 10.2 Å². The molecular formula is C14H19I2NO2. The van der Waals surface area contributed by atoms with Crippen molar-refractivity contribution >= 4 is 45.2 Å². The zero-order valence-corrected chi connectivity index (χ0v) is 15.3. The van der Waals surface area contributed by atoms with Crippen LogP contribution in [0.4, 0.5) is 0 Å². The predicted octanol–water partition coefficient (Wildman–Crippen LogP) is 3.20. The van der Waals surface area contributed by atoms with Gasteiger partial charge in [0.1, 0.15) is 5.75 Å². The van der Waals surface area contributed by atoms with Gasteiger partial charge in [0.15, 0.2) is 0 Å². The van der Waals surface area contributed by atoms with Crippen LogP contribution >= 0.6 is 45.2 Å². The summed E-state index contributed by atoms with van der Waals surface area (Å²) in [7, 11) is 0. The van der Waals surface area contributed by atoms with Crippen LogP contribution in [0, 0.1) is 12.6 Å². The molecular weight excluding hydrogens is 468 g/mol. The Morgan fingerprint density at radius 2 is 2.11 bits per heavy atom. The lowest BCUT2D eigenvalue weighted by molar-refractivity contribution is 0.0426. The third-order valence-corrected chi connectivity index (χ3v) is 5.19. The quantitative estimate of drug-likeness (QED) is 0.645. The van der Waals surface area contributed by atoms with Crippen molar-refractivity contribution in [2.24, 2.45) is 5.41 Å². The van der Waals surface area contributed by atoms with Crippen molar-refractivity contribution in [3.05, 3.63) is 24.8 Å². The minimum atomic E-state index is 0.00294. The number of phenols is 1. The number of halogens is 2. The van der Waals surface area contributed by atoms with Gasteiger partial charge in [-0.2, -0.15) is 0 Å². The lowest BCUT2D eigenvalue weighted by atomic mass is 9.82. The summed E-state index contributed by atoms with van der Waals surface area (Å²) in [6, 6.07) is 4.02. The number of piperidine rings is 1. The van der Waals surface area contributed by atoms with E-state index in [1.807, 2.05) is 12.1 Å². The molecule has 2 rings (SSSR count). The van der Waals surface area contributed by atoms with E-state index in [1.165, 1.54) is 0 Å². The molecule has 1 heterocycles. The fourth-order valence-corrected chi connectivity index (χ4v) is 4.64. The number of phenolic OH excluding ortho intramolecular Hbond substituents is 1.